The van der Waals surface area contributed by atoms with Crippen molar-refractivity contribution >= 4 is 29.9 Å². The Kier molecular flexibility index (Phi) is 15.4. The number of nitrogens with one attached hydrogen (secondary N) is 2. The minimum Gasteiger partial charge on any atom is -0.383 e. The van der Waals surface area contributed by atoms with Gasteiger partial charge in [0.05, 0.1) is 6.61 Å². The molecule has 0 saturated heterocycles. The van der Waals surface area contributed by atoms with Crippen LogP contribution < -0.4 is 10.6 Å². The van der Waals surface area contributed by atoms with E-state index in [0.29, 0.717) is 0 Å². The smallest absolute Gasteiger partial charge is 0.191 e. The van der Waals surface area contributed by atoms with Crippen LogP contribution >= 0.6 is 24.0 Å². The van der Waals surface area contributed by atoms with Crippen LogP contribution in [-0.4, -0.2) is 64.9 Å². The average molecular weight is 440 g/mol. The van der Waals surface area contributed by atoms with Crippen molar-refractivity contribution in [2.24, 2.45) is 10.9 Å². The molecule has 0 amide bonds. The summed E-state index contributed by atoms with van der Waals surface area (Å²) in [6.45, 7) is 4.67. The van der Waals surface area contributed by atoms with E-state index in [4.69, 9.17) is 4.74 Å². The van der Waals surface area contributed by atoms with E-state index in [1.54, 1.807) is 7.11 Å². The molecule has 0 heterocycles. The molecule has 1 aliphatic rings. The molecule has 0 aromatic rings. The summed E-state index contributed by atoms with van der Waals surface area (Å²) < 4.78 is 5.08. The first-order chi connectivity index (χ1) is 10.8. The third-order valence-corrected chi connectivity index (χ3v) is 4.49. The molecule has 0 aliphatic heterocycles. The van der Waals surface area contributed by atoms with E-state index in [-0.39, 0.29) is 24.0 Å². The molecule has 0 aromatic carbocycles. The molecular weight excluding hydrogens is 403 g/mol. The van der Waals surface area contributed by atoms with Gasteiger partial charge in [-0.15, -0.1) is 24.0 Å². The van der Waals surface area contributed by atoms with Crippen LogP contribution in [-0.2, 0) is 4.74 Å². The van der Waals surface area contributed by atoms with Gasteiger partial charge in [-0.2, -0.15) is 0 Å². The van der Waals surface area contributed by atoms with Crippen LogP contribution in [0.5, 0.6) is 0 Å². The van der Waals surface area contributed by atoms with Crippen LogP contribution in [0, 0.1) is 5.92 Å². The van der Waals surface area contributed by atoms with Crippen molar-refractivity contribution in [1.29, 1.82) is 0 Å². The van der Waals surface area contributed by atoms with Gasteiger partial charge >= 0.3 is 0 Å². The summed E-state index contributed by atoms with van der Waals surface area (Å²) in [5.74, 6) is 1.89. The van der Waals surface area contributed by atoms with Crippen LogP contribution in [0.4, 0.5) is 0 Å². The summed E-state index contributed by atoms with van der Waals surface area (Å²) in [4.78, 5) is 6.54. The lowest BCUT2D eigenvalue weighted by Gasteiger charge is -2.21. The lowest BCUT2D eigenvalue weighted by Crippen LogP contribution is -2.41. The van der Waals surface area contributed by atoms with Crippen molar-refractivity contribution < 1.29 is 4.74 Å². The van der Waals surface area contributed by atoms with Gasteiger partial charge in [0.15, 0.2) is 5.96 Å². The van der Waals surface area contributed by atoms with Gasteiger partial charge in [-0.05, 0) is 25.8 Å². The highest BCUT2D eigenvalue weighted by molar-refractivity contribution is 14.0. The minimum atomic E-state index is 0. The number of aliphatic imine (C=N–C) groups is 1. The second-order valence-electron chi connectivity index (χ2n) is 6.37. The normalized spacial score (nSPS) is 16.3. The monoisotopic (exact) mass is 440 g/mol. The van der Waals surface area contributed by atoms with Crippen LogP contribution in [0.3, 0.4) is 0 Å². The minimum absolute atomic E-state index is 0. The average Bonchev–Trinajstić information content (AvgIpc) is 2.56. The third-order valence-electron chi connectivity index (χ3n) is 4.49. The largest absolute Gasteiger partial charge is 0.383 e. The number of hydrogen-bond acceptors (Lipinski definition) is 3. The number of guanidine groups is 1. The molecule has 1 aliphatic carbocycles. The Morgan fingerprint density at radius 2 is 1.83 bits per heavy atom. The quantitative estimate of drug-likeness (QED) is 0.237. The van der Waals surface area contributed by atoms with E-state index in [2.05, 4.69) is 27.6 Å². The summed E-state index contributed by atoms with van der Waals surface area (Å²) in [5.41, 5.74) is 0. The standard InChI is InChI=1S/C17H36N4O.HI/c1-18-17(20-12-13-21(2)14-15-22-3)19-11-7-10-16-8-5-4-6-9-16;/h16H,4-15H2,1-3H3,(H2,18,19,20);1H. The number of rotatable bonds is 10. The molecule has 5 nitrogen and oxygen atoms in total. The molecule has 1 fully saturated rings. The van der Waals surface area contributed by atoms with E-state index < -0.39 is 0 Å². The lowest BCUT2D eigenvalue weighted by atomic mass is 9.86. The van der Waals surface area contributed by atoms with Gasteiger partial charge in [0, 0.05) is 40.3 Å². The van der Waals surface area contributed by atoms with Gasteiger partial charge in [-0.3, -0.25) is 4.99 Å². The third kappa shape index (κ3) is 12.0. The van der Waals surface area contributed by atoms with E-state index >= 15 is 0 Å². The zero-order chi connectivity index (χ0) is 16.0. The maximum absolute atomic E-state index is 5.08. The van der Waals surface area contributed by atoms with Crippen LogP contribution in [0.1, 0.15) is 44.9 Å². The predicted octanol–water partition coefficient (Wildman–Crippen LogP) is 2.71. The molecule has 1 saturated carbocycles. The van der Waals surface area contributed by atoms with E-state index in [0.717, 1.165) is 44.7 Å². The topological polar surface area (TPSA) is 48.9 Å². The van der Waals surface area contributed by atoms with Crippen molar-refractivity contribution in [3.63, 3.8) is 0 Å². The number of ether oxygens (including phenoxy) is 1. The lowest BCUT2D eigenvalue weighted by molar-refractivity contribution is 0.162. The Morgan fingerprint density at radius 1 is 1.13 bits per heavy atom. The molecule has 23 heavy (non-hydrogen) atoms. The Labute approximate surface area is 160 Å². The van der Waals surface area contributed by atoms with Crippen LogP contribution in [0.2, 0.25) is 0 Å². The maximum atomic E-state index is 5.08. The summed E-state index contributed by atoms with van der Waals surface area (Å²) >= 11 is 0. The van der Waals surface area contributed by atoms with E-state index in [1.165, 1.54) is 44.9 Å². The maximum Gasteiger partial charge on any atom is 0.191 e. The predicted molar refractivity (Wildman–Crippen MR) is 110 cm³/mol. The molecule has 0 spiro atoms. The fourth-order valence-corrected chi connectivity index (χ4v) is 3.02. The molecule has 0 aromatic heterocycles. The second kappa shape index (κ2) is 15.4. The summed E-state index contributed by atoms with van der Waals surface area (Å²) in [6, 6.07) is 0. The summed E-state index contributed by atoms with van der Waals surface area (Å²) in [5, 5.41) is 6.79. The molecule has 1 rings (SSSR count). The van der Waals surface area contributed by atoms with Crippen LogP contribution in [0.15, 0.2) is 4.99 Å². The molecule has 0 bridgehead atoms. The Hall–Kier alpha value is -0.0800. The van der Waals surface area contributed by atoms with Crippen LogP contribution in [0.25, 0.3) is 0 Å². The number of methoxy groups -OCH3 is 1. The highest BCUT2D eigenvalue weighted by atomic mass is 127. The van der Waals surface area contributed by atoms with Gasteiger partial charge in [0.25, 0.3) is 0 Å². The number of hydrogen-bond donors (Lipinski definition) is 2. The first-order valence-corrected chi connectivity index (χ1v) is 8.88. The first-order valence-electron chi connectivity index (χ1n) is 8.88. The van der Waals surface area contributed by atoms with E-state index in [9.17, 15) is 0 Å². The van der Waals surface area contributed by atoms with Crippen molar-refractivity contribution in [1.82, 2.24) is 15.5 Å². The fraction of sp³-hybridized carbons (Fsp3) is 0.941. The highest BCUT2D eigenvalue weighted by Gasteiger charge is 2.12. The summed E-state index contributed by atoms with van der Waals surface area (Å²) in [6.07, 6.45) is 9.84. The van der Waals surface area contributed by atoms with Gasteiger partial charge in [-0.25, -0.2) is 0 Å². The highest BCUT2D eigenvalue weighted by Crippen LogP contribution is 2.26. The van der Waals surface area contributed by atoms with Crippen molar-refractivity contribution in [3.8, 4) is 0 Å². The van der Waals surface area contributed by atoms with Crippen molar-refractivity contribution in [2.75, 3.05) is 54.0 Å². The first kappa shape index (κ1) is 22.9. The zero-order valence-electron chi connectivity index (χ0n) is 15.3. The van der Waals surface area contributed by atoms with Gasteiger partial charge < -0.3 is 20.3 Å². The SMILES string of the molecule is CN=C(NCCCC1CCCCC1)NCCN(C)CCOC.I. The second-order valence-corrected chi connectivity index (χ2v) is 6.37. The Morgan fingerprint density at radius 3 is 2.48 bits per heavy atom. The van der Waals surface area contributed by atoms with Crippen molar-refractivity contribution in [3.05, 3.63) is 0 Å². The molecule has 0 unspecified atom stereocenters. The Bertz CT molecular complexity index is 296. The zero-order valence-corrected chi connectivity index (χ0v) is 17.6. The van der Waals surface area contributed by atoms with Crippen molar-refractivity contribution in [2.45, 2.75) is 44.9 Å². The molecule has 138 valence electrons. The molecule has 6 heteroatoms. The number of halogens is 1. The van der Waals surface area contributed by atoms with Gasteiger partial charge in [0.2, 0.25) is 0 Å². The summed E-state index contributed by atoms with van der Waals surface area (Å²) in [7, 11) is 5.69. The molecule has 0 atom stereocenters. The molecule has 0 radical (unpaired) electrons. The number of likely N-dealkylation sites (N-methyl/N-ethyl adjacent to an activating group) is 1. The Balaban J connectivity index is 0.00000484. The van der Waals surface area contributed by atoms with E-state index in [1.807, 2.05) is 7.05 Å². The number of nitrogens with zero attached hydrogens (tertiary/aromatic N) is 2. The fourth-order valence-electron chi connectivity index (χ4n) is 3.02. The molecule has 2 N–H and O–H groups in total. The van der Waals surface area contributed by atoms with Gasteiger partial charge in [-0.1, -0.05) is 32.1 Å². The van der Waals surface area contributed by atoms with Gasteiger partial charge in [0.1, 0.15) is 0 Å². The molecular formula is C17H37IN4O.